The van der Waals surface area contributed by atoms with Crippen LogP contribution in [-0.4, -0.2) is 37.6 Å². The normalized spacial score (nSPS) is 11.5. The Hall–Kier alpha value is -2.41. The summed E-state index contributed by atoms with van der Waals surface area (Å²) in [5.74, 6) is -1.66. The Morgan fingerprint density at radius 1 is 1.25 bits per heavy atom. The van der Waals surface area contributed by atoms with Crippen LogP contribution in [0.4, 0.5) is 5.69 Å². The van der Waals surface area contributed by atoms with Gasteiger partial charge >= 0.3 is 5.97 Å². The van der Waals surface area contributed by atoms with Gasteiger partial charge in [0, 0.05) is 18.4 Å². The number of carbonyl (C=O) groups excluding carboxylic acids is 3. The fourth-order valence-corrected chi connectivity index (χ4v) is 1.36. The Morgan fingerprint density at radius 3 is 2.35 bits per heavy atom. The second-order valence-electron chi connectivity index (χ2n) is 4.00. The van der Waals surface area contributed by atoms with Gasteiger partial charge < -0.3 is 20.5 Å². The standard InChI is InChI=1S/C13H16N2O5/c1-8(20-11(16)7-19-2)13(18)15-10-5-3-9(4-6-10)12(14)17/h3-6,8H,7H2,1-2H3,(H2,14,17)(H,15,18)/t8-/m0/s1. The number of methoxy groups -OCH3 is 1. The fraction of sp³-hybridized carbons (Fsp3) is 0.308. The van der Waals surface area contributed by atoms with Gasteiger partial charge in [0.25, 0.3) is 5.91 Å². The summed E-state index contributed by atoms with van der Waals surface area (Å²) in [6, 6.07) is 6.03. The summed E-state index contributed by atoms with van der Waals surface area (Å²) in [4.78, 5) is 33.8. The van der Waals surface area contributed by atoms with E-state index in [-0.39, 0.29) is 6.61 Å². The van der Waals surface area contributed by atoms with E-state index in [1.165, 1.54) is 38.3 Å². The van der Waals surface area contributed by atoms with Crippen molar-refractivity contribution < 1.29 is 23.9 Å². The van der Waals surface area contributed by atoms with Crippen molar-refractivity contribution in [3.8, 4) is 0 Å². The molecule has 0 saturated carbocycles. The summed E-state index contributed by atoms with van der Waals surface area (Å²) in [7, 11) is 1.35. The second-order valence-corrected chi connectivity index (χ2v) is 4.00. The molecule has 1 atom stereocenters. The maximum Gasteiger partial charge on any atom is 0.332 e. The number of carbonyl (C=O) groups is 3. The molecule has 0 saturated heterocycles. The highest BCUT2D eigenvalue weighted by atomic mass is 16.6. The molecular weight excluding hydrogens is 264 g/mol. The molecule has 7 nitrogen and oxygen atoms in total. The molecule has 0 radical (unpaired) electrons. The van der Waals surface area contributed by atoms with Gasteiger partial charge in [0.2, 0.25) is 5.91 Å². The van der Waals surface area contributed by atoms with Crippen LogP contribution >= 0.6 is 0 Å². The van der Waals surface area contributed by atoms with Gasteiger partial charge in [-0.25, -0.2) is 4.79 Å². The molecule has 0 aliphatic heterocycles. The summed E-state index contributed by atoms with van der Waals surface area (Å²) in [5.41, 5.74) is 5.90. The smallest absolute Gasteiger partial charge is 0.332 e. The van der Waals surface area contributed by atoms with Gasteiger partial charge in [-0.05, 0) is 31.2 Å². The molecular formula is C13H16N2O5. The monoisotopic (exact) mass is 280 g/mol. The Bertz CT molecular complexity index is 498. The number of ether oxygens (including phenoxy) is 2. The summed E-state index contributed by atoms with van der Waals surface area (Å²) in [5, 5.41) is 2.55. The van der Waals surface area contributed by atoms with Crippen molar-refractivity contribution in [1.82, 2.24) is 0 Å². The maximum absolute atomic E-state index is 11.8. The van der Waals surface area contributed by atoms with E-state index in [0.29, 0.717) is 11.3 Å². The van der Waals surface area contributed by atoms with Crippen molar-refractivity contribution in [3.05, 3.63) is 29.8 Å². The predicted octanol–water partition coefficient (Wildman–Crippen LogP) is 0.302. The van der Waals surface area contributed by atoms with E-state index in [4.69, 9.17) is 10.5 Å². The number of anilines is 1. The molecule has 1 rings (SSSR count). The molecule has 0 spiro atoms. The highest BCUT2D eigenvalue weighted by molar-refractivity contribution is 5.96. The highest BCUT2D eigenvalue weighted by Gasteiger charge is 2.17. The molecule has 7 heteroatoms. The van der Waals surface area contributed by atoms with Crippen LogP contribution in [0.2, 0.25) is 0 Å². The number of benzene rings is 1. The van der Waals surface area contributed by atoms with Crippen LogP contribution in [0.15, 0.2) is 24.3 Å². The van der Waals surface area contributed by atoms with Crippen LogP contribution in [0.3, 0.4) is 0 Å². The number of nitrogens with one attached hydrogen (secondary N) is 1. The van der Waals surface area contributed by atoms with E-state index in [1.54, 1.807) is 0 Å². The number of hydrogen-bond donors (Lipinski definition) is 2. The van der Waals surface area contributed by atoms with E-state index in [1.807, 2.05) is 0 Å². The molecule has 1 aromatic rings. The first-order valence-electron chi connectivity index (χ1n) is 5.83. The number of amides is 2. The molecule has 0 aliphatic rings. The van der Waals surface area contributed by atoms with Gasteiger partial charge in [0.15, 0.2) is 6.10 Å². The largest absolute Gasteiger partial charge is 0.451 e. The van der Waals surface area contributed by atoms with Crippen molar-refractivity contribution >= 4 is 23.5 Å². The van der Waals surface area contributed by atoms with Crippen LogP contribution in [0.25, 0.3) is 0 Å². The maximum atomic E-state index is 11.8. The minimum atomic E-state index is -0.950. The highest BCUT2D eigenvalue weighted by Crippen LogP contribution is 2.10. The van der Waals surface area contributed by atoms with Crippen LogP contribution in [0.5, 0.6) is 0 Å². The topological polar surface area (TPSA) is 108 Å². The summed E-state index contributed by atoms with van der Waals surface area (Å²) >= 11 is 0. The van der Waals surface area contributed by atoms with E-state index >= 15 is 0 Å². The van der Waals surface area contributed by atoms with E-state index in [0.717, 1.165) is 0 Å². The molecule has 108 valence electrons. The third-order valence-corrected chi connectivity index (χ3v) is 2.38. The first-order valence-corrected chi connectivity index (χ1v) is 5.83. The lowest BCUT2D eigenvalue weighted by molar-refractivity contribution is -0.156. The third kappa shape index (κ3) is 4.69. The Morgan fingerprint density at radius 2 is 1.85 bits per heavy atom. The number of primary amides is 1. The summed E-state index contributed by atoms with van der Waals surface area (Å²) in [6.45, 7) is 1.23. The molecule has 0 heterocycles. The molecule has 20 heavy (non-hydrogen) atoms. The SMILES string of the molecule is COCC(=O)O[C@@H](C)C(=O)Nc1ccc(C(N)=O)cc1. The second kappa shape index (κ2) is 7.25. The third-order valence-electron chi connectivity index (χ3n) is 2.38. The van der Waals surface area contributed by atoms with Gasteiger partial charge in [-0.2, -0.15) is 0 Å². The molecule has 1 aromatic carbocycles. The van der Waals surface area contributed by atoms with Crippen molar-refractivity contribution in [1.29, 1.82) is 0 Å². The van der Waals surface area contributed by atoms with Crippen molar-refractivity contribution in [3.63, 3.8) is 0 Å². The van der Waals surface area contributed by atoms with Crippen molar-refractivity contribution in [2.75, 3.05) is 19.0 Å². The predicted molar refractivity (Wildman–Crippen MR) is 71.0 cm³/mol. The number of esters is 1. The average Bonchev–Trinajstić information content (AvgIpc) is 2.39. The van der Waals surface area contributed by atoms with Crippen LogP contribution in [0, 0.1) is 0 Å². The molecule has 0 aromatic heterocycles. The number of hydrogen-bond acceptors (Lipinski definition) is 5. The molecule has 2 amide bonds. The molecule has 0 unspecified atom stereocenters. The Balaban J connectivity index is 2.57. The van der Waals surface area contributed by atoms with Crippen molar-refractivity contribution in [2.24, 2.45) is 5.73 Å². The minimum absolute atomic E-state index is 0.217. The van der Waals surface area contributed by atoms with E-state index in [9.17, 15) is 14.4 Å². The van der Waals surface area contributed by atoms with Gasteiger partial charge in [-0.15, -0.1) is 0 Å². The van der Waals surface area contributed by atoms with Gasteiger partial charge in [0.1, 0.15) is 6.61 Å². The summed E-state index contributed by atoms with van der Waals surface area (Å²) < 4.78 is 9.42. The van der Waals surface area contributed by atoms with Gasteiger partial charge in [-0.1, -0.05) is 0 Å². The zero-order valence-electron chi connectivity index (χ0n) is 11.2. The minimum Gasteiger partial charge on any atom is -0.451 e. The van der Waals surface area contributed by atoms with Crippen molar-refractivity contribution in [2.45, 2.75) is 13.0 Å². The number of rotatable bonds is 6. The van der Waals surface area contributed by atoms with Crippen LogP contribution < -0.4 is 11.1 Å². The first-order chi connectivity index (χ1) is 9.43. The molecule has 3 N–H and O–H groups in total. The van der Waals surface area contributed by atoms with Gasteiger partial charge in [0.05, 0.1) is 0 Å². The molecule has 0 bridgehead atoms. The molecule has 0 fully saturated rings. The van der Waals surface area contributed by atoms with Gasteiger partial charge in [-0.3, -0.25) is 9.59 Å². The number of nitrogens with two attached hydrogens (primary N) is 1. The summed E-state index contributed by atoms with van der Waals surface area (Å²) in [6.07, 6.45) is -0.950. The van der Waals surface area contributed by atoms with Crippen LogP contribution in [0.1, 0.15) is 17.3 Å². The quantitative estimate of drug-likeness (QED) is 0.729. The Kier molecular flexibility index (Phi) is 5.67. The average molecular weight is 280 g/mol. The van der Waals surface area contributed by atoms with Crippen LogP contribution in [-0.2, 0) is 19.1 Å². The lowest BCUT2D eigenvalue weighted by Gasteiger charge is -2.13. The zero-order chi connectivity index (χ0) is 15.1. The first kappa shape index (κ1) is 15.6. The molecule has 0 aliphatic carbocycles. The fourth-order valence-electron chi connectivity index (χ4n) is 1.36. The Labute approximate surface area is 116 Å². The van der Waals surface area contributed by atoms with E-state index in [2.05, 4.69) is 10.1 Å². The van der Waals surface area contributed by atoms with E-state index < -0.39 is 23.9 Å². The zero-order valence-corrected chi connectivity index (χ0v) is 11.2. The lowest BCUT2D eigenvalue weighted by atomic mass is 10.2. The lowest BCUT2D eigenvalue weighted by Crippen LogP contribution is -2.31.